The summed E-state index contributed by atoms with van der Waals surface area (Å²) in [4.78, 5) is 0.664. The number of hydrogen-bond acceptors (Lipinski definition) is 4. The first-order valence-electron chi connectivity index (χ1n) is 4.93. The number of rotatable bonds is 3. The molecule has 0 unspecified atom stereocenters. The largest absolute Gasteiger partial charge is 0.409 e. The topological polar surface area (TPSA) is 78.8 Å². The Hall–Kier alpha value is -1.66. The lowest BCUT2D eigenvalue weighted by Gasteiger charge is -2.05. The Morgan fingerprint density at radius 3 is 2.94 bits per heavy atom. The van der Waals surface area contributed by atoms with E-state index in [2.05, 4.69) is 5.16 Å². The maximum atomic E-state index is 13.0. The number of amidine groups is 1. The molecule has 0 aliphatic heterocycles. The molecule has 0 aliphatic carbocycles. The Morgan fingerprint density at radius 2 is 2.24 bits per heavy atom. The molecule has 1 aromatic carbocycles. The molecule has 2 aromatic rings. The van der Waals surface area contributed by atoms with E-state index in [0.717, 1.165) is 10.1 Å². The number of oxime groups is 1. The molecule has 0 aliphatic rings. The van der Waals surface area contributed by atoms with Crippen LogP contribution in [0.4, 0.5) is 4.39 Å². The van der Waals surface area contributed by atoms with E-state index in [9.17, 15) is 9.50 Å². The van der Waals surface area contributed by atoms with Crippen molar-refractivity contribution >= 4 is 27.3 Å². The Morgan fingerprint density at radius 1 is 1.47 bits per heavy atom. The van der Waals surface area contributed by atoms with E-state index < -0.39 is 6.10 Å². The van der Waals surface area contributed by atoms with Crippen LogP contribution in [0.3, 0.4) is 0 Å². The number of thiophene rings is 1. The highest BCUT2D eigenvalue weighted by Crippen LogP contribution is 2.31. The van der Waals surface area contributed by atoms with E-state index in [0.29, 0.717) is 4.88 Å². The predicted molar refractivity (Wildman–Crippen MR) is 64.8 cm³/mol. The number of benzene rings is 1. The molecule has 4 nitrogen and oxygen atoms in total. The summed E-state index contributed by atoms with van der Waals surface area (Å²) in [6, 6.07) is 6.21. The average Bonchev–Trinajstić information content (AvgIpc) is 2.71. The van der Waals surface area contributed by atoms with Gasteiger partial charge in [-0.2, -0.15) is 0 Å². The molecule has 17 heavy (non-hydrogen) atoms. The SMILES string of the molecule is N/C(C[C@H](O)c1cc2ccc(F)cc2s1)=N\O. The molecule has 2 rings (SSSR count). The van der Waals surface area contributed by atoms with Crippen LogP contribution >= 0.6 is 11.3 Å². The lowest BCUT2D eigenvalue weighted by atomic mass is 10.2. The van der Waals surface area contributed by atoms with Crippen LogP contribution in [-0.4, -0.2) is 16.1 Å². The number of aliphatic hydroxyl groups is 1. The van der Waals surface area contributed by atoms with Crippen LogP contribution in [-0.2, 0) is 0 Å². The Labute approximate surface area is 101 Å². The van der Waals surface area contributed by atoms with Gasteiger partial charge in [0.15, 0.2) is 0 Å². The van der Waals surface area contributed by atoms with E-state index in [1.807, 2.05) is 0 Å². The Balaban J connectivity index is 2.30. The van der Waals surface area contributed by atoms with Crippen molar-refractivity contribution in [1.82, 2.24) is 0 Å². The Bertz CT molecular complexity index is 568. The van der Waals surface area contributed by atoms with Gasteiger partial charge >= 0.3 is 0 Å². The van der Waals surface area contributed by atoms with E-state index >= 15 is 0 Å². The molecule has 0 spiro atoms. The van der Waals surface area contributed by atoms with E-state index in [1.165, 1.54) is 23.5 Å². The fourth-order valence-corrected chi connectivity index (χ4v) is 2.60. The van der Waals surface area contributed by atoms with Gasteiger partial charge in [-0.25, -0.2) is 4.39 Å². The van der Waals surface area contributed by atoms with Crippen LogP contribution in [0.15, 0.2) is 29.4 Å². The smallest absolute Gasteiger partial charge is 0.142 e. The van der Waals surface area contributed by atoms with Gasteiger partial charge < -0.3 is 16.0 Å². The first-order valence-corrected chi connectivity index (χ1v) is 5.75. The van der Waals surface area contributed by atoms with Gasteiger partial charge in [-0.3, -0.25) is 0 Å². The summed E-state index contributed by atoms with van der Waals surface area (Å²) in [6.45, 7) is 0. The second-order valence-corrected chi connectivity index (χ2v) is 4.76. The third-order valence-corrected chi connectivity index (χ3v) is 3.56. The zero-order valence-corrected chi connectivity index (χ0v) is 9.62. The standard InChI is InChI=1S/C11H11FN2O2S/c12-7-2-1-6-3-10(17-9(6)4-7)8(15)5-11(13)14-16/h1-4,8,15-16H,5H2,(H2,13,14)/t8-/m0/s1. The van der Waals surface area contributed by atoms with Crippen molar-refractivity contribution in [3.63, 3.8) is 0 Å². The molecule has 0 amide bonds. The maximum Gasteiger partial charge on any atom is 0.142 e. The van der Waals surface area contributed by atoms with Gasteiger partial charge in [-0.1, -0.05) is 11.2 Å². The van der Waals surface area contributed by atoms with Gasteiger partial charge in [0, 0.05) is 16.0 Å². The highest BCUT2D eigenvalue weighted by molar-refractivity contribution is 7.19. The van der Waals surface area contributed by atoms with Crippen LogP contribution in [0.1, 0.15) is 17.4 Å². The third kappa shape index (κ3) is 2.54. The van der Waals surface area contributed by atoms with Crippen molar-refractivity contribution < 1.29 is 14.7 Å². The highest BCUT2D eigenvalue weighted by Gasteiger charge is 2.13. The second-order valence-electron chi connectivity index (χ2n) is 3.64. The van der Waals surface area contributed by atoms with Gasteiger partial charge in [-0.15, -0.1) is 11.3 Å². The molecular formula is C11H11FN2O2S. The highest BCUT2D eigenvalue weighted by atomic mass is 32.1. The predicted octanol–water partition coefficient (Wildman–Crippen LogP) is 2.21. The van der Waals surface area contributed by atoms with Crippen LogP contribution in [0.2, 0.25) is 0 Å². The zero-order valence-electron chi connectivity index (χ0n) is 8.80. The number of hydrogen-bond donors (Lipinski definition) is 3. The van der Waals surface area contributed by atoms with Gasteiger partial charge in [0.1, 0.15) is 11.7 Å². The molecule has 1 atom stereocenters. The van der Waals surface area contributed by atoms with Gasteiger partial charge in [0.05, 0.1) is 6.10 Å². The second kappa shape index (κ2) is 4.68. The molecule has 0 radical (unpaired) electrons. The van der Waals surface area contributed by atoms with Crippen LogP contribution in [0.5, 0.6) is 0 Å². The number of fused-ring (bicyclic) bond motifs is 1. The van der Waals surface area contributed by atoms with Crippen molar-refractivity contribution in [2.75, 3.05) is 0 Å². The molecule has 1 aromatic heterocycles. The fourth-order valence-electron chi connectivity index (χ4n) is 1.53. The zero-order chi connectivity index (χ0) is 12.4. The molecule has 90 valence electrons. The van der Waals surface area contributed by atoms with Crippen LogP contribution < -0.4 is 5.73 Å². The first-order chi connectivity index (χ1) is 8.10. The minimum Gasteiger partial charge on any atom is -0.409 e. The quantitative estimate of drug-likeness (QED) is 0.340. The summed E-state index contributed by atoms with van der Waals surface area (Å²) in [6.07, 6.45) is -0.794. The number of nitrogens with zero attached hydrogens (tertiary/aromatic N) is 1. The van der Waals surface area contributed by atoms with Crippen molar-refractivity contribution in [3.8, 4) is 0 Å². The fraction of sp³-hybridized carbons (Fsp3) is 0.182. The first kappa shape index (κ1) is 11.8. The Kier molecular flexibility index (Phi) is 3.26. The average molecular weight is 254 g/mol. The monoisotopic (exact) mass is 254 g/mol. The van der Waals surface area contributed by atoms with Gasteiger partial charge in [-0.05, 0) is 23.6 Å². The van der Waals surface area contributed by atoms with E-state index in [1.54, 1.807) is 12.1 Å². The van der Waals surface area contributed by atoms with Crippen molar-refractivity contribution in [2.45, 2.75) is 12.5 Å². The van der Waals surface area contributed by atoms with Crippen molar-refractivity contribution in [3.05, 3.63) is 35.0 Å². The number of nitrogens with two attached hydrogens (primary N) is 1. The number of halogens is 1. The molecule has 6 heteroatoms. The minimum absolute atomic E-state index is 0.0406. The number of aliphatic hydroxyl groups excluding tert-OH is 1. The lowest BCUT2D eigenvalue weighted by molar-refractivity contribution is 0.188. The van der Waals surface area contributed by atoms with Crippen molar-refractivity contribution in [2.24, 2.45) is 10.9 Å². The summed E-state index contributed by atoms with van der Waals surface area (Å²) in [5.74, 6) is -0.349. The molecule has 0 bridgehead atoms. The molecule has 0 fully saturated rings. The van der Waals surface area contributed by atoms with Gasteiger partial charge in [0.25, 0.3) is 0 Å². The molecule has 0 saturated carbocycles. The normalized spacial score (nSPS) is 14.1. The van der Waals surface area contributed by atoms with Crippen molar-refractivity contribution in [1.29, 1.82) is 0 Å². The van der Waals surface area contributed by atoms with Gasteiger partial charge in [0.2, 0.25) is 0 Å². The van der Waals surface area contributed by atoms with E-state index in [4.69, 9.17) is 10.9 Å². The minimum atomic E-state index is -0.841. The summed E-state index contributed by atoms with van der Waals surface area (Å²) in [5, 5.41) is 21.9. The lowest BCUT2D eigenvalue weighted by Crippen LogP contribution is -2.15. The summed E-state index contributed by atoms with van der Waals surface area (Å²) in [7, 11) is 0. The molecule has 0 saturated heterocycles. The summed E-state index contributed by atoms with van der Waals surface area (Å²) in [5.41, 5.74) is 5.31. The third-order valence-electron chi connectivity index (χ3n) is 2.36. The van der Waals surface area contributed by atoms with Crippen LogP contribution in [0, 0.1) is 5.82 Å². The molecule has 4 N–H and O–H groups in total. The summed E-state index contributed by atoms with van der Waals surface area (Å²) >= 11 is 1.29. The van der Waals surface area contributed by atoms with Crippen LogP contribution in [0.25, 0.3) is 10.1 Å². The van der Waals surface area contributed by atoms with E-state index in [-0.39, 0.29) is 18.1 Å². The summed E-state index contributed by atoms with van der Waals surface area (Å²) < 4.78 is 13.7. The molecule has 1 heterocycles. The molecular weight excluding hydrogens is 243 g/mol. The maximum absolute atomic E-state index is 13.0.